The van der Waals surface area contributed by atoms with Gasteiger partial charge in [-0.1, -0.05) is 54.1 Å². The van der Waals surface area contributed by atoms with Crippen LogP contribution in [0.15, 0.2) is 72.8 Å². The normalized spacial score (nSPS) is 10.9. The van der Waals surface area contributed by atoms with Gasteiger partial charge in [-0.3, -0.25) is 4.79 Å². The molecule has 0 atom stereocenters. The Balaban J connectivity index is 1.52. The first-order valence-corrected chi connectivity index (χ1v) is 9.16. The third-order valence-electron chi connectivity index (χ3n) is 4.42. The quantitative estimate of drug-likeness (QED) is 0.487. The van der Waals surface area contributed by atoms with E-state index in [4.69, 9.17) is 11.6 Å². The maximum absolute atomic E-state index is 12.5. The molecule has 4 rings (SSSR count). The maximum atomic E-state index is 12.5. The van der Waals surface area contributed by atoms with Crippen LogP contribution in [0, 0.1) is 0 Å². The Morgan fingerprint density at radius 3 is 2.56 bits per heavy atom. The molecule has 27 heavy (non-hydrogen) atoms. The molecule has 4 aromatic rings. The van der Waals surface area contributed by atoms with E-state index in [1.165, 1.54) is 0 Å². The van der Waals surface area contributed by atoms with Crippen molar-refractivity contribution in [3.63, 3.8) is 0 Å². The number of amides is 1. The first-order valence-electron chi connectivity index (χ1n) is 8.78. The second-order valence-corrected chi connectivity index (χ2v) is 6.69. The first-order chi connectivity index (χ1) is 13.2. The van der Waals surface area contributed by atoms with Crippen LogP contribution < -0.4 is 5.32 Å². The lowest BCUT2D eigenvalue weighted by Gasteiger charge is -2.10. The minimum Gasteiger partial charge on any atom is -0.338 e. The number of rotatable bonds is 5. The molecule has 1 heterocycles. The molecule has 0 bridgehead atoms. The van der Waals surface area contributed by atoms with Crippen molar-refractivity contribution in [2.24, 2.45) is 0 Å². The Kier molecular flexibility index (Phi) is 4.90. The van der Waals surface area contributed by atoms with Crippen molar-refractivity contribution in [3.8, 4) is 11.4 Å². The summed E-state index contributed by atoms with van der Waals surface area (Å²) in [6, 6.07) is 23.1. The molecule has 0 unspecified atom stereocenters. The van der Waals surface area contributed by atoms with Gasteiger partial charge in [-0.2, -0.15) is 0 Å². The Hall–Kier alpha value is -3.11. The fraction of sp³-hybridized carbons (Fsp3) is 0.0909. The molecule has 2 N–H and O–H groups in total. The average Bonchev–Trinajstić information content (AvgIpc) is 3.12. The number of hydrogen-bond acceptors (Lipinski definition) is 2. The molecule has 0 radical (unpaired) electrons. The van der Waals surface area contributed by atoms with E-state index in [-0.39, 0.29) is 5.91 Å². The van der Waals surface area contributed by atoms with Crippen LogP contribution in [0.3, 0.4) is 0 Å². The van der Waals surface area contributed by atoms with Crippen molar-refractivity contribution >= 4 is 34.2 Å². The zero-order valence-corrected chi connectivity index (χ0v) is 15.3. The fourth-order valence-corrected chi connectivity index (χ4v) is 3.27. The highest BCUT2D eigenvalue weighted by atomic mass is 35.5. The number of aromatic amines is 1. The average molecular weight is 376 g/mol. The fourth-order valence-electron chi connectivity index (χ4n) is 3.04. The predicted octanol–water partition coefficient (Wildman–Crippen LogP) is 5.45. The standard InChI is InChI=1S/C22H18ClN3O/c23-17-9-3-1-7-15(17)13-14-21(27)24-18-10-4-2-8-16(18)22-25-19-11-5-6-12-20(19)26-22/h1-12H,13-14H2,(H,24,27)(H,25,26). The number of imidazole rings is 1. The van der Waals surface area contributed by atoms with Gasteiger partial charge in [-0.15, -0.1) is 0 Å². The number of carbonyl (C=O) groups excluding carboxylic acids is 1. The molecule has 134 valence electrons. The van der Waals surface area contributed by atoms with Crippen molar-refractivity contribution in [2.45, 2.75) is 12.8 Å². The molecule has 0 aliphatic heterocycles. The van der Waals surface area contributed by atoms with E-state index in [0.29, 0.717) is 17.9 Å². The summed E-state index contributed by atoms with van der Waals surface area (Å²) in [4.78, 5) is 20.4. The van der Waals surface area contributed by atoms with E-state index in [9.17, 15) is 4.79 Å². The summed E-state index contributed by atoms with van der Waals surface area (Å²) in [6.07, 6.45) is 0.955. The molecule has 0 saturated carbocycles. The molecule has 0 saturated heterocycles. The summed E-state index contributed by atoms with van der Waals surface area (Å²) in [7, 11) is 0. The molecule has 0 spiro atoms. The molecule has 3 aromatic carbocycles. The number of fused-ring (bicyclic) bond motifs is 1. The van der Waals surface area contributed by atoms with Crippen molar-refractivity contribution in [1.82, 2.24) is 9.97 Å². The summed E-state index contributed by atoms with van der Waals surface area (Å²) < 4.78 is 0. The summed E-state index contributed by atoms with van der Waals surface area (Å²) in [6.45, 7) is 0. The van der Waals surface area contributed by atoms with E-state index in [0.717, 1.165) is 33.7 Å². The van der Waals surface area contributed by atoms with Crippen LogP contribution in [0.4, 0.5) is 5.69 Å². The minimum absolute atomic E-state index is 0.0570. The van der Waals surface area contributed by atoms with Gasteiger partial charge < -0.3 is 10.3 Å². The molecule has 0 aliphatic rings. The highest BCUT2D eigenvalue weighted by Crippen LogP contribution is 2.27. The number of nitrogens with one attached hydrogen (secondary N) is 2. The van der Waals surface area contributed by atoms with Crippen LogP contribution in [0.2, 0.25) is 5.02 Å². The Morgan fingerprint density at radius 2 is 1.70 bits per heavy atom. The molecule has 1 aromatic heterocycles. The third-order valence-corrected chi connectivity index (χ3v) is 4.79. The minimum atomic E-state index is -0.0570. The summed E-state index contributed by atoms with van der Waals surface area (Å²) >= 11 is 6.17. The second-order valence-electron chi connectivity index (χ2n) is 6.29. The van der Waals surface area contributed by atoms with Gasteiger partial charge >= 0.3 is 0 Å². The maximum Gasteiger partial charge on any atom is 0.224 e. The van der Waals surface area contributed by atoms with E-state index >= 15 is 0 Å². The Bertz CT molecular complexity index is 1070. The number of benzene rings is 3. The third kappa shape index (κ3) is 3.86. The molecule has 1 amide bonds. The van der Waals surface area contributed by atoms with Crippen LogP contribution >= 0.6 is 11.6 Å². The SMILES string of the molecule is O=C(CCc1ccccc1Cl)Nc1ccccc1-c1nc2ccccc2[nH]1. The molecule has 0 aliphatic carbocycles. The predicted molar refractivity (Wildman–Crippen MR) is 110 cm³/mol. The van der Waals surface area contributed by atoms with E-state index in [1.807, 2.05) is 72.8 Å². The van der Waals surface area contributed by atoms with Crippen molar-refractivity contribution in [1.29, 1.82) is 0 Å². The van der Waals surface area contributed by atoms with Crippen LogP contribution in [-0.2, 0) is 11.2 Å². The first kappa shape index (κ1) is 17.3. The highest BCUT2D eigenvalue weighted by molar-refractivity contribution is 6.31. The van der Waals surface area contributed by atoms with Gasteiger partial charge in [-0.05, 0) is 42.3 Å². The summed E-state index contributed by atoms with van der Waals surface area (Å²) in [5, 5.41) is 3.69. The van der Waals surface area contributed by atoms with Crippen molar-refractivity contribution in [3.05, 3.63) is 83.4 Å². The zero-order valence-electron chi connectivity index (χ0n) is 14.6. The van der Waals surface area contributed by atoms with Crippen LogP contribution in [0.5, 0.6) is 0 Å². The van der Waals surface area contributed by atoms with Crippen LogP contribution in [0.25, 0.3) is 22.4 Å². The number of aryl methyl sites for hydroxylation is 1. The van der Waals surface area contributed by atoms with Crippen LogP contribution in [0.1, 0.15) is 12.0 Å². The Morgan fingerprint density at radius 1 is 0.963 bits per heavy atom. The lowest BCUT2D eigenvalue weighted by Crippen LogP contribution is -2.13. The van der Waals surface area contributed by atoms with Crippen molar-refractivity contribution in [2.75, 3.05) is 5.32 Å². The van der Waals surface area contributed by atoms with E-state index < -0.39 is 0 Å². The summed E-state index contributed by atoms with van der Waals surface area (Å²) in [5.41, 5.74) is 4.43. The summed E-state index contributed by atoms with van der Waals surface area (Å²) in [5.74, 6) is 0.677. The van der Waals surface area contributed by atoms with Gasteiger partial charge in [0.2, 0.25) is 5.91 Å². The molecule has 4 nitrogen and oxygen atoms in total. The Labute approximate surface area is 162 Å². The zero-order chi connectivity index (χ0) is 18.6. The van der Waals surface area contributed by atoms with Gasteiger partial charge in [0.1, 0.15) is 5.82 Å². The van der Waals surface area contributed by atoms with Gasteiger partial charge in [0.25, 0.3) is 0 Å². The van der Waals surface area contributed by atoms with Gasteiger partial charge in [0.05, 0.1) is 16.7 Å². The van der Waals surface area contributed by atoms with Gasteiger partial charge in [-0.25, -0.2) is 4.98 Å². The smallest absolute Gasteiger partial charge is 0.224 e. The largest absolute Gasteiger partial charge is 0.338 e. The molecular formula is C22H18ClN3O. The molecule has 0 fully saturated rings. The van der Waals surface area contributed by atoms with Crippen LogP contribution in [-0.4, -0.2) is 15.9 Å². The number of aromatic nitrogens is 2. The van der Waals surface area contributed by atoms with E-state index in [2.05, 4.69) is 15.3 Å². The van der Waals surface area contributed by atoms with Crippen molar-refractivity contribution < 1.29 is 4.79 Å². The van der Waals surface area contributed by atoms with E-state index in [1.54, 1.807) is 0 Å². The van der Waals surface area contributed by atoms with Gasteiger partial charge in [0.15, 0.2) is 0 Å². The number of carbonyl (C=O) groups is 1. The number of para-hydroxylation sites is 3. The number of hydrogen-bond donors (Lipinski definition) is 2. The molecule has 5 heteroatoms. The highest BCUT2D eigenvalue weighted by Gasteiger charge is 2.12. The van der Waals surface area contributed by atoms with Gasteiger partial charge in [0, 0.05) is 17.0 Å². The second kappa shape index (κ2) is 7.64. The molecular weight excluding hydrogens is 358 g/mol. The topological polar surface area (TPSA) is 57.8 Å². The monoisotopic (exact) mass is 375 g/mol. The lowest BCUT2D eigenvalue weighted by atomic mass is 10.1. The number of anilines is 1. The number of nitrogens with zero attached hydrogens (tertiary/aromatic N) is 1. The number of H-pyrrole nitrogens is 1. The lowest BCUT2D eigenvalue weighted by molar-refractivity contribution is -0.116. The number of halogens is 1.